The molecule has 4 heterocycles. The highest BCUT2D eigenvalue weighted by Gasteiger charge is 2.54. The molecule has 1 fully saturated rings. The predicted octanol–water partition coefficient (Wildman–Crippen LogP) is 0.586. The van der Waals surface area contributed by atoms with Crippen LogP contribution in [-0.2, 0) is 24.0 Å². The predicted molar refractivity (Wildman–Crippen MR) is 161 cm³/mol. The molecule has 2 aliphatic heterocycles. The van der Waals surface area contributed by atoms with E-state index in [9.17, 15) is 39.6 Å². The van der Waals surface area contributed by atoms with Gasteiger partial charge in [0.15, 0.2) is 22.3 Å². The van der Waals surface area contributed by atoms with Gasteiger partial charge < -0.3 is 42.0 Å². The Bertz CT molecular complexity index is 1760. The number of hydrogen-bond acceptors (Lipinski definition) is 16. The minimum atomic E-state index is -1.82. The van der Waals surface area contributed by atoms with Crippen LogP contribution < -0.4 is 16.8 Å². The van der Waals surface area contributed by atoms with Crippen molar-refractivity contribution >= 4 is 75.3 Å². The van der Waals surface area contributed by atoms with Crippen LogP contribution in [0.5, 0.6) is 11.5 Å². The Morgan fingerprint density at radius 1 is 1.18 bits per heavy atom. The Morgan fingerprint density at radius 2 is 1.96 bits per heavy atom. The second-order valence-electron chi connectivity index (χ2n) is 9.27. The van der Waals surface area contributed by atoms with Crippen molar-refractivity contribution in [2.75, 3.05) is 23.0 Å². The molecule has 5 rings (SSSR count). The number of carboxylic acids is 2. The third-order valence-electron chi connectivity index (χ3n) is 6.35. The van der Waals surface area contributed by atoms with E-state index in [-0.39, 0.29) is 39.4 Å². The van der Waals surface area contributed by atoms with E-state index in [2.05, 4.69) is 25.4 Å². The molecule has 0 aliphatic carbocycles. The lowest BCUT2D eigenvalue weighted by atomic mass is 10.0. The maximum atomic E-state index is 13.4. The van der Waals surface area contributed by atoms with Crippen molar-refractivity contribution in [2.24, 2.45) is 5.16 Å². The van der Waals surface area contributed by atoms with Gasteiger partial charge in [0, 0.05) is 28.5 Å². The van der Waals surface area contributed by atoms with Gasteiger partial charge in [-0.2, -0.15) is 0 Å². The molecule has 1 aromatic carbocycles. The summed E-state index contributed by atoms with van der Waals surface area (Å²) in [6, 6.07) is 3.56. The molecule has 17 nitrogen and oxygen atoms in total. The van der Waals surface area contributed by atoms with Crippen molar-refractivity contribution < 1.29 is 44.4 Å². The monoisotopic (exact) mass is 674 g/mol. The molecule has 0 radical (unpaired) electrons. The molecule has 0 saturated carbocycles. The normalized spacial score (nSPS) is 18.5. The fourth-order valence-electron chi connectivity index (χ4n) is 4.26. The summed E-state index contributed by atoms with van der Waals surface area (Å²) in [5, 5.41) is 46.4. The minimum absolute atomic E-state index is 0.0590. The van der Waals surface area contributed by atoms with Crippen molar-refractivity contribution in [2.45, 2.75) is 22.5 Å². The van der Waals surface area contributed by atoms with E-state index in [1.54, 1.807) is 0 Å². The molecule has 20 heteroatoms. The van der Waals surface area contributed by atoms with Crippen LogP contribution in [0.2, 0.25) is 0 Å². The highest BCUT2D eigenvalue weighted by Crippen LogP contribution is 2.41. The number of carboxylic acid groups (broad SMARTS) is 2. The van der Waals surface area contributed by atoms with Crippen molar-refractivity contribution in [3.8, 4) is 11.5 Å². The summed E-state index contributed by atoms with van der Waals surface area (Å²) in [5.74, 6) is -4.91. The fourth-order valence-corrected chi connectivity index (χ4v) is 7.17. The maximum Gasteiger partial charge on any atom is 0.352 e. The molecule has 3 atom stereocenters. The quantitative estimate of drug-likeness (QED) is 0.0366. The number of benzene rings is 1. The van der Waals surface area contributed by atoms with Crippen LogP contribution in [0, 0.1) is 0 Å². The number of thioether (sulfide) groups is 2. The molecular weight excluding hydrogens is 653 g/mol. The lowest BCUT2D eigenvalue weighted by Crippen LogP contribution is -2.71. The molecule has 0 bridgehead atoms. The van der Waals surface area contributed by atoms with Gasteiger partial charge in [-0.15, -0.1) is 34.9 Å². The highest BCUT2D eigenvalue weighted by atomic mass is 32.2. The van der Waals surface area contributed by atoms with Crippen molar-refractivity contribution in [3.05, 3.63) is 58.5 Å². The Morgan fingerprint density at radius 3 is 2.60 bits per heavy atom. The third-order valence-corrected chi connectivity index (χ3v) is 9.37. The zero-order chi connectivity index (χ0) is 32.4. The number of nitrogens with zero attached hydrogens (tertiary/aromatic N) is 5. The summed E-state index contributed by atoms with van der Waals surface area (Å²) < 4.78 is 0. The number of anilines is 2. The van der Waals surface area contributed by atoms with E-state index in [4.69, 9.17) is 16.3 Å². The number of nitrogens with one attached hydrogen (secondary N) is 1. The number of aliphatic carboxylic acids is 2. The minimum Gasteiger partial charge on any atom is -0.504 e. The molecule has 2 amide bonds. The van der Waals surface area contributed by atoms with Crippen molar-refractivity contribution in [1.82, 2.24) is 25.2 Å². The summed E-state index contributed by atoms with van der Waals surface area (Å²) in [6.45, 7) is 0. The molecule has 1 saturated heterocycles. The number of rotatable bonds is 11. The molecule has 3 aromatic rings. The van der Waals surface area contributed by atoms with E-state index in [1.807, 2.05) is 0 Å². The van der Waals surface area contributed by atoms with Gasteiger partial charge in [0.25, 0.3) is 11.8 Å². The van der Waals surface area contributed by atoms with E-state index in [0.29, 0.717) is 10.6 Å². The van der Waals surface area contributed by atoms with E-state index in [0.717, 1.165) is 28.4 Å². The number of nitrogens with two attached hydrogens (primary N) is 2. The fraction of sp³-hybridized carbons (Fsp3) is 0.200. The Kier molecular flexibility index (Phi) is 8.97. The first kappa shape index (κ1) is 31.3. The summed E-state index contributed by atoms with van der Waals surface area (Å²) in [6.07, 6.45) is -0.534. The van der Waals surface area contributed by atoms with Crippen LogP contribution >= 0.6 is 34.9 Å². The Hall–Kier alpha value is -5.08. The average Bonchev–Trinajstić information content (AvgIpc) is 3.43. The number of aromatic nitrogens is 3. The topological polar surface area (TPSA) is 277 Å². The molecule has 234 valence electrons. The number of phenolic OH excluding ortho intramolecular Hbond substituents is 2. The van der Waals surface area contributed by atoms with Crippen LogP contribution in [0.15, 0.2) is 57.4 Å². The lowest BCUT2D eigenvalue weighted by Gasteiger charge is -2.49. The molecular formula is C25H22N8O9S3. The number of fused-ring (bicyclic) bond motifs is 1. The number of thiazole rings is 1. The van der Waals surface area contributed by atoms with Gasteiger partial charge in [0.05, 0.1) is 0 Å². The lowest BCUT2D eigenvalue weighted by molar-refractivity contribution is -0.151. The molecule has 45 heavy (non-hydrogen) atoms. The van der Waals surface area contributed by atoms with Crippen LogP contribution in [0.3, 0.4) is 0 Å². The molecule has 9 N–H and O–H groups in total. The summed E-state index contributed by atoms with van der Waals surface area (Å²) in [7, 11) is 0. The second kappa shape index (κ2) is 12.9. The van der Waals surface area contributed by atoms with Crippen LogP contribution in [-0.4, -0.2) is 92.7 Å². The van der Waals surface area contributed by atoms with Gasteiger partial charge in [0.2, 0.25) is 6.10 Å². The second-order valence-corrected chi connectivity index (χ2v) is 12.3. The Labute approximate surface area is 265 Å². The van der Waals surface area contributed by atoms with E-state index < -0.39 is 58.5 Å². The smallest absolute Gasteiger partial charge is 0.352 e. The number of aromatic hydroxyl groups is 2. The summed E-state index contributed by atoms with van der Waals surface area (Å²) in [5.41, 5.74) is 11.0. The van der Waals surface area contributed by atoms with Gasteiger partial charge in [-0.3, -0.25) is 14.5 Å². The maximum absolute atomic E-state index is 13.4. The van der Waals surface area contributed by atoms with Crippen molar-refractivity contribution in [1.29, 1.82) is 0 Å². The van der Waals surface area contributed by atoms with E-state index >= 15 is 0 Å². The number of carbonyl (C=O) groups is 4. The first-order valence-electron chi connectivity index (χ1n) is 12.6. The zero-order valence-electron chi connectivity index (χ0n) is 22.6. The van der Waals surface area contributed by atoms with E-state index in [1.165, 1.54) is 47.4 Å². The number of amides is 2. The standard InChI is InChI=1S/C25H22N8O9S3/c26-14-4-15(29-8-28-14)43-5-10-6-44-22-17(21(37)33(22)18(10)23(38)39)31-20(36)16(11-7-45-25(27)30-11)32-42-19(24(40)41)9-1-2-12(34)13(35)3-9/h1-4,7-8,17,19,22,34-35H,5-6H2,(H2,27,30)(H,31,36)(H,38,39)(H,40,41)(H2,26,28,29)/t17?,19-,22+/m1/s1. The molecule has 0 spiro atoms. The number of oxime groups is 1. The number of nitrogen functional groups attached to an aromatic ring is 2. The van der Waals surface area contributed by atoms with Gasteiger partial charge >= 0.3 is 11.9 Å². The van der Waals surface area contributed by atoms with Gasteiger partial charge in [-0.25, -0.2) is 24.5 Å². The number of hydrogen-bond donors (Lipinski definition) is 7. The van der Waals surface area contributed by atoms with Crippen LogP contribution in [0.25, 0.3) is 0 Å². The van der Waals surface area contributed by atoms with Crippen LogP contribution in [0.4, 0.5) is 10.9 Å². The first-order valence-corrected chi connectivity index (χ1v) is 15.5. The largest absolute Gasteiger partial charge is 0.504 e. The Balaban J connectivity index is 1.35. The van der Waals surface area contributed by atoms with Crippen molar-refractivity contribution in [3.63, 3.8) is 0 Å². The summed E-state index contributed by atoms with van der Waals surface area (Å²) in [4.78, 5) is 68.9. The zero-order valence-corrected chi connectivity index (χ0v) is 25.0. The number of phenols is 2. The summed E-state index contributed by atoms with van der Waals surface area (Å²) >= 11 is 3.43. The van der Waals surface area contributed by atoms with Gasteiger partial charge in [0.1, 0.15) is 40.0 Å². The van der Waals surface area contributed by atoms with Crippen LogP contribution in [0.1, 0.15) is 17.4 Å². The van der Waals surface area contributed by atoms with Gasteiger partial charge in [-0.1, -0.05) is 11.2 Å². The number of β-lactam (4-membered cyclic amide) rings is 1. The van der Waals surface area contributed by atoms with Gasteiger partial charge in [-0.05, 0) is 17.7 Å². The highest BCUT2D eigenvalue weighted by molar-refractivity contribution is 8.01. The SMILES string of the molecule is Nc1cc(SCC2=C(C(=O)O)N3C(=O)C(NC(=O)C(=NO[C@@H](C(=O)O)c4ccc(O)c(O)c4)c4csc(N)n4)[C@@H]3SC2)ncn1. The molecule has 1 unspecified atom stereocenters. The average molecular weight is 675 g/mol. The first-order chi connectivity index (χ1) is 21.4. The number of carbonyl (C=O) groups excluding carboxylic acids is 2. The molecule has 2 aromatic heterocycles. The molecule has 2 aliphatic rings. The third kappa shape index (κ3) is 6.56.